The van der Waals surface area contributed by atoms with Gasteiger partial charge in [0, 0.05) is 35.6 Å². The average molecular weight is 736 g/mol. The van der Waals surface area contributed by atoms with Gasteiger partial charge in [0.1, 0.15) is 40.2 Å². The number of ketones is 1. The quantitative estimate of drug-likeness (QED) is 0.153. The number of nitrogens with zero attached hydrogens (tertiary/aromatic N) is 5. The molecule has 0 aliphatic carbocycles. The van der Waals surface area contributed by atoms with Gasteiger partial charge in [-0.3, -0.25) is 20.1 Å². The van der Waals surface area contributed by atoms with E-state index in [0.29, 0.717) is 35.0 Å². The first-order valence-corrected chi connectivity index (χ1v) is 18.3. The molecule has 2 aliphatic rings. The summed E-state index contributed by atoms with van der Waals surface area (Å²) in [4.78, 5) is 39.2. The number of hydrogen-bond acceptors (Lipinski definition) is 10. The molecule has 0 bridgehead atoms. The van der Waals surface area contributed by atoms with Crippen LogP contribution in [0.4, 0.5) is 18.6 Å². The number of amides is 1. The van der Waals surface area contributed by atoms with E-state index in [1.807, 2.05) is 27.9 Å². The van der Waals surface area contributed by atoms with Gasteiger partial charge in [-0.05, 0) is 84.3 Å². The lowest BCUT2D eigenvalue weighted by Gasteiger charge is -2.45. The number of ether oxygens (including phenoxy) is 2. The number of thiophene rings is 1. The van der Waals surface area contributed by atoms with Gasteiger partial charge in [-0.1, -0.05) is 20.3 Å². The lowest BCUT2D eigenvalue weighted by atomic mass is 9.89. The third kappa shape index (κ3) is 7.82. The van der Waals surface area contributed by atoms with Crippen LogP contribution < -0.4 is 10.6 Å². The molecule has 1 saturated heterocycles. The molecular weight excluding hydrogens is 689 g/mol. The zero-order chi connectivity index (χ0) is 38.1. The summed E-state index contributed by atoms with van der Waals surface area (Å²) in [5.74, 6) is -0.282. The molecule has 11 nitrogen and oxygen atoms in total. The van der Waals surface area contributed by atoms with Gasteiger partial charge in [-0.25, -0.2) is 13.6 Å². The van der Waals surface area contributed by atoms with E-state index >= 15 is 8.78 Å². The predicted octanol–water partition coefficient (Wildman–Crippen LogP) is 7.39. The maximum absolute atomic E-state index is 17.2. The van der Waals surface area contributed by atoms with Crippen molar-refractivity contribution in [2.24, 2.45) is 4.99 Å². The van der Waals surface area contributed by atoms with Crippen molar-refractivity contribution in [3.63, 3.8) is 0 Å². The van der Waals surface area contributed by atoms with Crippen LogP contribution in [0.2, 0.25) is 0 Å². The monoisotopic (exact) mass is 735 g/mol. The Labute approximate surface area is 307 Å². The number of Topliss-reactive ketones (excluding diaryl/α,β-unsaturated/α-hetero) is 1. The highest BCUT2D eigenvalue weighted by Gasteiger charge is 2.35. The van der Waals surface area contributed by atoms with Gasteiger partial charge in [-0.2, -0.15) is 5.26 Å². The number of fused-ring (bicyclic) bond motifs is 2. The second-order valence-electron chi connectivity index (χ2n) is 14.4. The molecule has 278 valence electrons. The minimum Gasteiger partial charge on any atom is -0.444 e. The third-order valence-electron chi connectivity index (χ3n) is 9.15. The molecule has 1 fully saturated rings. The summed E-state index contributed by atoms with van der Waals surface area (Å²) in [6.07, 6.45) is 4.21. The Morgan fingerprint density at radius 1 is 1.25 bits per heavy atom. The number of rotatable bonds is 11. The van der Waals surface area contributed by atoms with Crippen LogP contribution >= 0.6 is 11.3 Å². The largest absolute Gasteiger partial charge is 0.444 e. The van der Waals surface area contributed by atoms with Crippen LogP contribution in [0.5, 0.6) is 0 Å². The maximum atomic E-state index is 17.2. The highest BCUT2D eigenvalue weighted by Crippen LogP contribution is 2.45. The summed E-state index contributed by atoms with van der Waals surface area (Å²) in [7, 11) is 4.09. The van der Waals surface area contributed by atoms with Crippen LogP contribution in [-0.4, -0.2) is 77.4 Å². The molecule has 5 rings (SSSR count). The van der Waals surface area contributed by atoms with E-state index in [4.69, 9.17) is 14.5 Å². The minimum atomic E-state index is -0.816. The van der Waals surface area contributed by atoms with Gasteiger partial charge in [0.2, 0.25) is 0 Å². The zero-order valence-electron chi connectivity index (χ0n) is 31.3. The molecule has 14 heteroatoms. The second-order valence-corrected chi connectivity index (χ2v) is 15.4. The van der Waals surface area contributed by atoms with Crippen molar-refractivity contribution >= 4 is 44.1 Å². The first kappa shape index (κ1) is 38.8. The van der Waals surface area contributed by atoms with Crippen LogP contribution in [0.15, 0.2) is 23.1 Å². The fraction of sp³-hybridized carbons (Fsp3) is 0.500. The van der Waals surface area contributed by atoms with E-state index < -0.39 is 29.4 Å². The number of likely N-dealkylation sites (tertiary alicyclic amines) is 1. The Hall–Kier alpha value is -4.45. The van der Waals surface area contributed by atoms with Crippen molar-refractivity contribution in [3.8, 4) is 17.3 Å². The van der Waals surface area contributed by atoms with Crippen LogP contribution in [0.3, 0.4) is 0 Å². The highest BCUT2D eigenvalue weighted by atomic mass is 32.1. The van der Waals surface area contributed by atoms with Crippen molar-refractivity contribution in [1.82, 2.24) is 20.1 Å². The lowest BCUT2D eigenvalue weighted by Crippen LogP contribution is -2.58. The number of benzene rings is 1. The van der Waals surface area contributed by atoms with Crippen molar-refractivity contribution in [1.29, 1.82) is 5.26 Å². The molecule has 1 aromatic carbocycles. The summed E-state index contributed by atoms with van der Waals surface area (Å²) in [5.41, 5.74) is 1.11. The normalized spacial score (nSPS) is 15.8. The number of carbonyl (C=O) groups is 2. The molecule has 1 atom stereocenters. The fourth-order valence-electron chi connectivity index (χ4n) is 6.45. The summed E-state index contributed by atoms with van der Waals surface area (Å²) in [5, 5.41) is 16.5. The Kier molecular flexibility index (Phi) is 11.7. The summed E-state index contributed by atoms with van der Waals surface area (Å²) < 4.78 is 43.9. The number of halogens is 2. The topological polar surface area (TPSA) is 132 Å². The zero-order valence-corrected chi connectivity index (χ0v) is 32.1. The predicted molar refractivity (Wildman–Crippen MR) is 199 cm³/mol. The number of likely N-dealkylation sites (N-methyl/N-ethyl adjacent to an activating group) is 1. The maximum Gasteiger partial charge on any atom is 0.412 e. The number of carbonyl (C=O) groups excluding carboxylic acids is 2. The smallest absolute Gasteiger partial charge is 0.412 e. The second kappa shape index (κ2) is 15.7. The van der Waals surface area contributed by atoms with E-state index in [-0.39, 0.29) is 56.5 Å². The number of aliphatic imine (C=N–C) groups is 1. The van der Waals surface area contributed by atoms with Gasteiger partial charge in [0.15, 0.2) is 11.6 Å². The van der Waals surface area contributed by atoms with Crippen molar-refractivity contribution < 1.29 is 27.8 Å². The number of amidine groups is 1. The Bertz CT molecular complexity index is 1990. The molecule has 0 spiro atoms. The summed E-state index contributed by atoms with van der Waals surface area (Å²) in [6, 6.07) is 1.79. The molecule has 1 unspecified atom stereocenters. The molecular formula is C38H47F2N7O4S. The molecule has 52 heavy (non-hydrogen) atoms. The van der Waals surface area contributed by atoms with E-state index in [2.05, 4.69) is 37.6 Å². The van der Waals surface area contributed by atoms with Crippen LogP contribution in [0.25, 0.3) is 21.3 Å². The number of nitriles is 1. The highest BCUT2D eigenvalue weighted by molar-refractivity contribution is 7.23. The SMILES string of the molecule is CC/C=C(/NC(=NC(CCC)C(C)=O)c1c(C)c(F)c(-c2ncc(F)c3sc(NC(=O)OC(C)(C)C)c(C#N)c23)c2c1COC2)N1CC(N(C)C)C1. The van der Waals surface area contributed by atoms with Gasteiger partial charge in [0.05, 0.1) is 35.4 Å². The number of allylic oxidation sites excluding steroid dienone is 1. The van der Waals surface area contributed by atoms with Crippen molar-refractivity contribution in [3.05, 3.63) is 57.5 Å². The molecule has 4 heterocycles. The number of hydrogen-bond donors (Lipinski definition) is 2. The molecule has 3 aromatic rings. The Morgan fingerprint density at radius 2 is 1.94 bits per heavy atom. The molecule has 2 aliphatic heterocycles. The standard InChI is InChI=1S/C38H47F2N7O4S/c1-10-12-27(21(4)48)43-35(44-28(13-11-2)47-16-22(17-47)46(8)9)29-20(3)32(40)30(25-19-50-18-24(25)29)33-31-23(14-41)36(45-37(49)51-38(5,6)7)52-34(31)26(39)15-42-33/h13,15,22,27H,10-12,16-19H2,1-9H3,(H,43,44)(H,45,49)/b28-13-. The van der Waals surface area contributed by atoms with Crippen molar-refractivity contribution in [2.45, 2.75) is 98.6 Å². The Morgan fingerprint density at radius 3 is 2.54 bits per heavy atom. The first-order valence-electron chi connectivity index (χ1n) is 17.5. The van der Waals surface area contributed by atoms with Crippen molar-refractivity contribution in [2.75, 3.05) is 32.5 Å². The first-order chi connectivity index (χ1) is 24.6. The van der Waals surface area contributed by atoms with Gasteiger partial charge in [0.25, 0.3) is 0 Å². The minimum absolute atomic E-state index is 0.0249. The number of aromatic nitrogens is 1. The molecule has 0 radical (unpaired) electrons. The van der Waals surface area contributed by atoms with Gasteiger partial charge < -0.3 is 24.6 Å². The van der Waals surface area contributed by atoms with E-state index in [1.54, 1.807) is 27.7 Å². The van der Waals surface area contributed by atoms with E-state index in [0.717, 1.165) is 49.3 Å². The number of nitrogens with one attached hydrogen (secondary N) is 2. The number of pyridine rings is 1. The molecule has 2 aromatic heterocycles. The van der Waals surface area contributed by atoms with Gasteiger partial charge in [-0.15, -0.1) is 11.3 Å². The summed E-state index contributed by atoms with van der Waals surface area (Å²) >= 11 is 0.849. The average Bonchev–Trinajstić information content (AvgIpc) is 3.65. The third-order valence-corrected chi connectivity index (χ3v) is 10.3. The molecule has 2 N–H and O–H groups in total. The van der Waals surface area contributed by atoms with Crippen LogP contribution in [-0.2, 0) is 27.5 Å². The van der Waals surface area contributed by atoms with Crippen LogP contribution in [0.1, 0.15) is 88.6 Å². The fourth-order valence-corrected chi connectivity index (χ4v) is 7.49. The van der Waals surface area contributed by atoms with E-state index in [1.165, 1.54) is 6.92 Å². The van der Waals surface area contributed by atoms with Crippen LogP contribution in [0, 0.1) is 29.9 Å². The lowest BCUT2D eigenvalue weighted by molar-refractivity contribution is -0.118. The van der Waals surface area contributed by atoms with Gasteiger partial charge >= 0.3 is 6.09 Å². The Balaban J connectivity index is 1.70. The number of anilines is 1. The molecule has 1 amide bonds. The summed E-state index contributed by atoms with van der Waals surface area (Å²) in [6.45, 7) is 14.0. The molecule has 0 saturated carbocycles. The van der Waals surface area contributed by atoms with E-state index in [9.17, 15) is 14.9 Å².